The number of oxazole rings is 1. The fourth-order valence-electron chi connectivity index (χ4n) is 3.98. The standard InChI is InChI=1S/C27H27F3N4O6/c1-38-19-9-7-18(17-8-10-21(27(28,29)30)32-22(17)19)25-33-23(20(11-31)40-25)24(37)34-26(13-35,14-36)15-39-12-16-5-3-2-4-6-16/h2-10,35-36H,11-15,31H2,1H3,(H,34,37). The molecule has 40 heavy (non-hydrogen) atoms. The highest BCUT2D eigenvalue weighted by Crippen LogP contribution is 2.37. The molecule has 2 aromatic carbocycles. The van der Waals surface area contributed by atoms with E-state index in [0.29, 0.717) is 0 Å². The number of rotatable bonds is 11. The van der Waals surface area contributed by atoms with Crippen molar-refractivity contribution in [3.63, 3.8) is 0 Å². The first-order chi connectivity index (χ1) is 19.1. The molecule has 4 rings (SSSR count). The molecule has 5 N–H and O–H groups in total. The predicted molar refractivity (Wildman–Crippen MR) is 137 cm³/mol. The summed E-state index contributed by atoms with van der Waals surface area (Å²) in [6, 6.07) is 14.1. The minimum atomic E-state index is -4.67. The maximum atomic E-state index is 13.3. The number of aliphatic hydroxyl groups is 2. The van der Waals surface area contributed by atoms with E-state index >= 15 is 0 Å². The van der Waals surface area contributed by atoms with Gasteiger partial charge in [-0.2, -0.15) is 13.2 Å². The first-order valence-corrected chi connectivity index (χ1v) is 12.1. The number of methoxy groups -OCH3 is 1. The fourth-order valence-corrected chi connectivity index (χ4v) is 3.98. The lowest BCUT2D eigenvalue weighted by Gasteiger charge is -2.30. The number of nitrogens with zero attached hydrogens (tertiary/aromatic N) is 2. The lowest BCUT2D eigenvalue weighted by molar-refractivity contribution is -0.140. The number of carbonyl (C=O) groups excluding carboxylic acids is 1. The van der Waals surface area contributed by atoms with Crippen molar-refractivity contribution in [2.24, 2.45) is 5.73 Å². The second kappa shape index (κ2) is 12.0. The number of alkyl halides is 3. The molecule has 13 heteroatoms. The molecule has 0 spiro atoms. The predicted octanol–water partition coefficient (Wildman–Crippen LogP) is 3.05. The SMILES string of the molecule is COc1ccc(-c2nc(C(=O)NC(CO)(CO)COCc3ccccc3)c(CN)o2)c2ccc(C(F)(F)F)nc12. The highest BCUT2D eigenvalue weighted by atomic mass is 19.4. The molecule has 0 bridgehead atoms. The Hall–Kier alpha value is -4.04. The van der Waals surface area contributed by atoms with E-state index in [1.807, 2.05) is 30.3 Å². The number of nitrogens with two attached hydrogens (primary N) is 1. The Bertz CT molecular complexity index is 1470. The minimum absolute atomic E-state index is 0.0219. The number of nitrogens with one attached hydrogen (secondary N) is 1. The molecule has 2 heterocycles. The molecule has 0 saturated carbocycles. The summed E-state index contributed by atoms with van der Waals surface area (Å²) in [6.07, 6.45) is -4.67. The summed E-state index contributed by atoms with van der Waals surface area (Å²) < 4.78 is 56.4. The van der Waals surface area contributed by atoms with Crippen LogP contribution in [0.15, 0.2) is 59.0 Å². The number of amides is 1. The Morgan fingerprint density at radius 2 is 1.77 bits per heavy atom. The molecule has 0 aliphatic heterocycles. The number of carbonyl (C=O) groups is 1. The molecule has 0 aliphatic rings. The number of benzene rings is 2. The molecule has 0 fully saturated rings. The lowest BCUT2D eigenvalue weighted by atomic mass is 10.0. The number of halogens is 3. The van der Waals surface area contributed by atoms with Gasteiger partial charge < -0.3 is 35.2 Å². The van der Waals surface area contributed by atoms with Gasteiger partial charge in [-0.3, -0.25) is 4.79 Å². The zero-order valence-corrected chi connectivity index (χ0v) is 21.4. The number of pyridine rings is 1. The van der Waals surface area contributed by atoms with Crippen LogP contribution in [0, 0.1) is 0 Å². The van der Waals surface area contributed by atoms with Crippen LogP contribution in [0.4, 0.5) is 13.2 Å². The van der Waals surface area contributed by atoms with E-state index in [1.165, 1.54) is 25.3 Å². The van der Waals surface area contributed by atoms with Gasteiger partial charge in [-0.05, 0) is 29.8 Å². The van der Waals surface area contributed by atoms with Crippen LogP contribution in [0.3, 0.4) is 0 Å². The van der Waals surface area contributed by atoms with Gasteiger partial charge in [-0.15, -0.1) is 0 Å². The summed E-state index contributed by atoms with van der Waals surface area (Å²) in [7, 11) is 1.30. The number of hydrogen-bond acceptors (Lipinski definition) is 9. The third-order valence-electron chi connectivity index (χ3n) is 6.13. The van der Waals surface area contributed by atoms with Crippen LogP contribution in [0.25, 0.3) is 22.4 Å². The minimum Gasteiger partial charge on any atom is -0.494 e. The largest absolute Gasteiger partial charge is 0.494 e. The molecular formula is C27H27F3N4O6. The maximum absolute atomic E-state index is 13.3. The Balaban J connectivity index is 1.63. The summed E-state index contributed by atoms with van der Waals surface area (Å²) in [6.45, 7) is -1.59. The van der Waals surface area contributed by atoms with Crippen LogP contribution in [0.1, 0.15) is 27.5 Å². The van der Waals surface area contributed by atoms with Crippen molar-refractivity contribution in [1.29, 1.82) is 0 Å². The zero-order chi connectivity index (χ0) is 28.9. The van der Waals surface area contributed by atoms with Crippen LogP contribution < -0.4 is 15.8 Å². The van der Waals surface area contributed by atoms with Crippen LogP contribution in [-0.2, 0) is 24.1 Å². The second-order valence-electron chi connectivity index (χ2n) is 8.93. The first-order valence-electron chi connectivity index (χ1n) is 12.1. The normalized spacial score (nSPS) is 12.1. The van der Waals surface area contributed by atoms with E-state index in [1.54, 1.807) is 0 Å². The van der Waals surface area contributed by atoms with Crippen molar-refractivity contribution in [2.75, 3.05) is 26.9 Å². The number of hydrogen-bond donors (Lipinski definition) is 4. The average molecular weight is 561 g/mol. The van der Waals surface area contributed by atoms with Gasteiger partial charge in [-0.1, -0.05) is 30.3 Å². The Kier molecular flexibility index (Phi) is 8.69. The van der Waals surface area contributed by atoms with Crippen molar-refractivity contribution >= 4 is 16.8 Å². The third kappa shape index (κ3) is 6.07. The second-order valence-corrected chi connectivity index (χ2v) is 8.93. The Labute approximate surface area is 226 Å². The smallest absolute Gasteiger partial charge is 0.433 e. The highest BCUT2D eigenvalue weighted by Gasteiger charge is 2.35. The average Bonchev–Trinajstić information content (AvgIpc) is 3.40. The van der Waals surface area contributed by atoms with Crippen LogP contribution in [0.5, 0.6) is 5.75 Å². The quantitative estimate of drug-likeness (QED) is 0.217. The van der Waals surface area contributed by atoms with Gasteiger partial charge in [0.15, 0.2) is 11.5 Å². The molecule has 2 aromatic heterocycles. The number of fused-ring (bicyclic) bond motifs is 1. The number of aliphatic hydroxyl groups excluding tert-OH is 2. The third-order valence-corrected chi connectivity index (χ3v) is 6.13. The molecule has 4 aromatic rings. The Morgan fingerprint density at radius 3 is 2.40 bits per heavy atom. The summed E-state index contributed by atoms with van der Waals surface area (Å²) in [5, 5.41) is 22.8. The van der Waals surface area contributed by atoms with E-state index in [9.17, 15) is 28.2 Å². The summed E-state index contributed by atoms with van der Waals surface area (Å²) in [4.78, 5) is 21.2. The molecule has 10 nitrogen and oxygen atoms in total. The van der Waals surface area contributed by atoms with Crippen LogP contribution in [0.2, 0.25) is 0 Å². The summed E-state index contributed by atoms with van der Waals surface area (Å²) in [5.41, 5.74) is 3.92. The van der Waals surface area contributed by atoms with E-state index in [0.717, 1.165) is 11.6 Å². The number of ether oxygens (including phenoxy) is 2. The molecule has 0 radical (unpaired) electrons. The van der Waals surface area contributed by atoms with E-state index in [-0.39, 0.29) is 59.3 Å². The van der Waals surface area contributed by atoms with Crippen molar-refractivity contribution in [2.45, 2.75) is 24.9 Å². The van der Waals surface area contributed by atoms with E-state index in [2.05, 4.69) is 15.3 Å². The van der Waals surface area contributed by atoms with Crippen molar-refractivity contribution in [3.8, 4) is 17.2 Å². The van der Waals surface area contributed by atoms with Crippen molar-refractivity contribution in [1.82, 2.24) is 15.3 Å². The van der Waals surface area contributed by atoms with Gasteiger partial charge in [0.1, 0.15) is 22.5 Å². The zero-order valence-electron chi connectivity index (χ0n) is 21.4. The van der Waals surface area contributed by atoms with Crippen molar-refractivity contribution < 1.29 is 42.1 Å². The van der Waals surface area contributed by atoms with Gasteiger partial charge in [-0.25, -0.2) is 9.97 Å². The Morgan fingerprint density at radius 1 is 1.05 bits per heavy atom. The van der Waals surface area contributed by atoms with E-state index < -0.39 is 36.5 Å². The molecule has 1 amide bonds. The number of aromatic nitrogens is 2. The van der Waals surface area contributed by atoms with Crippen LogP contribution >= 0.6 is 0 Å². The van der Waals surface area contributed by atoms with E-state index in [4.69, 9.17) is 19.6 Å². The monoisotopic (exact) mass is 560 g/mol. The van der Waals surface area contributed by atoms with Gasteiger partial charge in [0.25, 0.3) is 5.91 Å². The van der Waals surface area contributed by atoms with Gasteiger partial charge in [0, 0.05) is 10.9 Å². The van der Waals surface area contributed by atoms with Gasteiger partial charge >= 0.3 is 6.18 Å². The van der Waals surface area contributed by atoms with Gasteiger partial charge in [0.05, 0.1) is 40.1 Å². The van der Waals surface area contributed by atoms with Crippen molar-refractivity contribution in [3.05, 3.63) is 77.3 Å². The molecule has 0 atom stereocenters. The van der Waals surface area contributed by atoms with Crippen LogP contribution in [-0.4, -0.2) is 58.6 Å². The molecule has 0 unspecified atom stereocenters. The molecule has 0 aliphatic carbocycles. The topological polar surface area (TPSA) is 153 Å². The molecule has 0 saturated heterocycles. The molecular weight excluding hydrogens is 533 g/mol. The first kappa shape index (κ1) is 29.0. The summed E-state index contributed by atoms with van der Waals surface area (Å²) in [5.74, 6) is -0.832. The lowest BCUT2D eigenvalue weighted by Crippen LogP contribution is -2.57. The fraction of sp³-hybridized carbons (Fsp3) is 0.296. The maximum Gasteiger partial charge on any atom is 0.433 e. The highest BCUT2D eigenvalue weighted by molar-refractivity contribution is 5.98. The van der Waals surface area contributed by atoms with Gasteiger partial charge in [0.2, 0.25) is 5.89 Å². The summed E-state index contributed by atoms with van der Waals surface area (Å²) >= 11 is 0. The molecule has 212 valence electrons.